The number of para-hydroxylation sites is 1. The number of aryl methyl sites for hydroxylation is 1. The number of benzene rings is 2. The van der Waals surface area contributed by atoms with Gasteiger partial charge in [0.1, 0.15) is 5.84 Å². The Morgan fingerprint density at radius 2 is 1.71 bits per heavy atom. The first-order valence-electron chi connectivity index (χ1n) is 6.95. The highest BCUT2D eigenvalue weighted by Gasteiger charge is 1.96. The minimum absolute atomic E-state index is 0.814. The van der Waals surface area contributed by atoms with Crippen molar-refractivity contribution in [3.63, 3.8) is 0 Å². The van der Waals surface area contributed by atoms with E-state index in [1.54, 1.807) is 0 Å². The summed E-state index contributed by atoms with van der Waals surface area (Å²) in [5, 5.41) is 3.19. The fraction of sp³-hybridized carbons (Fsp3) is 0.105. The fourth-order valence-electron chi connectivity index (χ4n) is 1.93. The molecule has 0 fully saturated rings. The van der Waals surface area contributed by atoms with E-state index in [1.165, 1.54) is 0 Å². The molecule has 0 amide bonds. The molecule has 0 spiro atoms. The molecule has 0 saturated heterocycles. The van der Waals surface area contributed by atoms with E-state index in [4.69, 9.17) is 0 Å². The summed E-state index contributed by atoms with van der Waals surface area (Å²) >= 11 is 0. The summed E-state index contributed by atoms with van der Waals surface area (Å²) in [6.07, 6.45) is 3.97. The molecule has 2 aromatic carbocycles. The molecule has 2 heteroatoms. The van der Waals surface area contributed by atoms with Gasteiger partial charge in [-0.05, 0) is 37.1 Å². The van der Waals surface area contributed by atoms with Crippen LogP contribution in [-0.2, 0) is 0 Å². The average Bonchev–Trinajstić information content (AvgIpc) is 2.48. The van der Waals surface area contributed by atoms with Gasteiger partial charge in [0.25, 0.3) is 0 Å². The van der Waals surface area contributed by atoms with Crippen molar-refractivity contribution in [2.24, 2.45) is 4.99 Å². The summed E-state index contributed by atoms with van der Waals surface area (Å²) in [4.78, 5) is 4.56. The largest absolute Gasteiger partial charge is 0.344 e. The summed E-state index contributed by atoms with van der Waals surface area (Å²) in [5.41, 5.74) is 4.09. The number of nitrogens with zero attached hydrogens (tertiary/aromatic N) is 1. The Balaban J connectivity index is 1.99. The van der Waals surface area contributed by atoms with Crippen LogP contribution in [0.15, 0.2) is 77.9 Å². The van der Waals surface area contributed by atoms with Crippen LogP contribution >= 0.6 is 0 Å². The molecule has 2 nitrogen and oxygen atoms in total. The lowest BCUT2D eigenvalue weighted by molar-refractivity contribution is 1.16. The van der Waals surface area contributed by atoms with E-state index in [-0.39, 0.29) is 0 Å². The van der Waals surface area contributed by atoms with Gasteiger partial charge in [-0.1, -0.05) is 61.2 Å². The normalized spacial score (nSPS) is 11.6. The number of hydrogen-bond donors (Lipinski definition) is 1. The lowest BCUT2D eigenvalue weighted by atomic mass is 10.2. The average molecular weight is 276 g/mol. The topological polar surface area (TPSA) is 24.4 Å². The molecule has 1 N–H and O–H groups in total. The number of aliphatic imine (C=N–C) groups is 1. The Morgan fingerprint density at radius 3 is 2.43 bits per heavy atom. The van der Waals surface area contributed by atoms with Gasteiger partial charge in [-0.2, -0.15) is 0 Å². The highest BCUT2D eigenvalue weighted by Crippen LogP contribution is 2.17. The SMILES string of the molecule is C=C(/C=C\c1ccccc1)N/C(C)=N/c1ccccc1C. The van der Waals surface area contributed by atoms with Gasteiger partial charge in [0.15, 0.2) is 0 Å². The molecule has 0 aliphatic carbocycles. The molecule has 2 rings (SSSR count). The van der Waals surface area contributed by atoms with Gasteiger partial charge in [0, 0.05) is 5.70 Å². The lowest BCUT2D eigenvalue weighted by Crippen LogP contribution is -2.17. The second-order valence-corrected chi connectivity index (χ2v) is 4.88. The van der Waals surface area contributed by atoms with Gasteiger partial charge in [0.05, 0.1) is 5.69 Å². The number of hydrogen-bond acceptors (Lipinski definition) is 1. The van der Waals surface area contributed by atoms with Crippen LogP contribution in [0.2, 0.25) is 0 Å². The van der Waals surface area contributed by atoms with Crippen molar-refractivity contribution in [1.29, 1.82) is 0 Å². The first kappa shape index (κ1) is 14.8. The second kappa shape index (κ2) is 7.25. The molecule has 106 valence electrons. The maximum atomic E-state index is 4.56. The highest BCUT2D eigenvalue weighted by atomic mass is 15.0. The molecule has 0 atom stereocenters. The van der Waals surface area contributed by atoms with Crippen LogP contribution in [0, 0.1) is 6.92 Å². The van der Waals surface area contributed by atoms with E-state index in [0.717, 1.165) is 28.3 Å². The zero-order valence-corrected chi connectivity index (χ0v) is 12.5. The van der Waals surface area contributed by atoms with Crippen molar-refractivity contribution in [2.45, 2.75) is 13.8 Å². The zero-order valence-electron chi connectivity index (χ0n) is 12.5. The molecule has 0 saturated carbocycles. The van der Waals surface area contributed by atoms with E-state index >= 15 is 0 Å². The first-order chi connectivity index (χ1) is 10.1. The molecule has 0 unspecified atom stereocenters. The second-order valence-electron chi connectivity index (χ2n) is 4.88. The third kappa shape index (κ3) is 4.77. The molecular formula is C19H20N2. The number of rotatable bonds is 4. The fourth-order valence-corrected chi connectivity index (χ4v) is 1.93. The van der Waals surface area contributed by atoms with Gasteiger partial charge in [0.2, 0.25) is 0 Å². The molecule has 2 aromatic rings. The van der Waals surface area contributed by atoms with Crippen LogP contribution in [0.1, 0.15) is 18.1 Å². The van der Waals surface area contributed by atoms with Gasteiger partial charge < -0.3 is 5.32 Å². The third-order valence-corrected chi connectivity index (χ3v) is 3.02. The maximum absolute atomic E-state index is 4.56. The van der Waals surface area contributed by atoms with E-state index in [0.29, 0.717) is 0 Å². The van der Waals surface area contributed by atoms with Gasteiger partial charge in [-0.3, -0.25) is 0 Å². The van der Waals surface area contributed by atoms with Gasteiger partial charge >= 0.3 is 0 Å². The predicted octanol–water partition coefficient (Wildman–Crippen LogP) is 4.86. The van der Waals surface area contributed by atoms with Crippen molar-refractivity contribution in [1.82, 2.24) is 5.32 Å². The standard InChI is InChI=1S/C19H20N2/c1-15-9-7-8-12-19(15)21-17(3)20-16(2)13-14-18-10-5-4-6-11-18/h4-14H,2H2,1,3H3,(H,20,21)/b14-13-. The van der Waals surface area contributed by atoms with Crippen LogP contribution in [-0.4, -0.2) is 5.84 Å². The van der Waals surface area contributed by atoms with E-state index in [9.17, 15) is 0 Å². The number of nitrogens with one attached hydrogen (secondary N) is 1. The summed E-state index contributed by atoms with van der Waals surface area (Å²) in [6.45, 7) is 7.99. The molecule has 0 heterocycles. The predicted molar refractivity (Wildman–Crippen MR) is 91.7 cm³/mol. The maximum Gasteiger partial charge on any atom is 0.103 e. The molecular weight excluding hydrogens is 256 g/mol. The minimum atomic E-state index is 0.814. The Labute approximate surface area is 126 Å². The summed E-state index contributed by atoms with van der Waals surface area (Å²) in [6, 6.07) is 18.2. The highest BCUT2D eigenvalue weighted by molar-refractivity contribution is 5.84. The van der Waals surface area contributed by atoms with Crippen molar-refractivity contribution in [2.75, 3.05) is 0 Å². The summed E-state index contributed by atoms with van der Waals surface area (Å²) < 4.78 is 0. The lowest BCUT2D eigenvalue weighted by Gasteiger charge is -2.06. The first-order valence-corrected chi connectivity index (χ1v) is 6.95. The van der Waals surface area contributed by atoms with Gasteiger partial charge in [-0.25, -0.2) is 4.99 Å². The van der Waals surface area contributed by atoms with Gasteiger partial charge in [-0.15, -0.1) is 0 Å². The quantitative estimate of drug-likeness (QED) is 0.481. The molecule has 0 bridgehead atoms. The Kier molecular flexibility index (Phi) is 5.10. The van der Waals surface area contributed by atoms with Crippen molar-refractivity contribution >= 4 is 17.6 Å². The van der Waals surface area contributed by atoms with Crippen molar-refractivity contribution < 1.29 is 0 Å². The zero-order chi connectivity index (χ0) is 15.1. The summed E-state index contributed by atoms with van der Waals surface area (Å²) in [5.74, 6) is 0.826. The number of allylic oxidation sites excluding steroid dienone is 1. The van der Waals surface area contributed by atoms with Crippen LogP contribution in [0.4, 0.5) is 5.69 Å². The molecule has 0 aromatic heterocycles. The molecule has 0 aliphatic heterocycles. The molecule has 0 radical (unpaired) electrons. The van der Waals surface area contributed by atoms with E-state index < -0.39 is 0 Å². The Bertz CT molecular complexity index is 667. The van der Waals surface area contributed by atoms with E-state index in [2.05, 4.69) is 42.0 Å². The van der Waals surface area contributed by atoms with Crippen LogP contribution < -0.4 is 5.32 Å². The van der Waals surface area contributed by atoms with Crippen molar-refractivity contribution in [3.8, 4) is 0 Å². The smallest absolute Gasteiger partial charge is 0.103 e. The Morgan fingerprint density at radius 1 is 1.05 bits per heavy atom. The van der Waals surface area contributed by atoms with Crippen LogP contribution in [0.25, 0.3) is 6.08 Å². The van der Waals surface area contributed by atoms with E-state index in [1.807, 2.05) is 55.5 Å². The molecule has 21 heavy (non-hydrogen) atoms. The third-order valence-electron chi connectivity index (χ3n) is 3.02. The van der Waals surface area contributed by atoms with Crippen LogP contribution in [0.5, 0.6) is 0 Å². The Hall–Kier alpha value is -2.61. The molecule has 0 aliphatic rings. The summed E-state index contributed by atoms with van der Waals surface area (Å²) in [7, 11) is 0. The van der Waals surface area contributed by atoms with Crippen molar-refractivity contribution in [3.05, 3.63) is 84.1 Å². The van der Waals surface area contributed by atoms with Crippen LogP contribution in [0.3, 0.4) is 0 Å². The minimum Gasteiger partial charge on any atom is -0.344 e. The number of amidine groups is 1. The monoisotopic (exact) mass is 276 g/mol.